The fourth-order valence-electron chi connectivity index (χ4n) is 3.13. The Kier molecular flexibility index (Phi) is 6.63. The second-order valence-corrected chi connectivity index (χ2v) is 7.47. The molecular weight excluding hydrogens is 310 g/mol. The molecule has 0 saturated carbocycles. The van der Waals surface area contributed by atoms with Gasteiger partial charge in [0.1, 0.15) is 11.6 Å². The molecule has 1 fully saturated rings. The molecule has 1 unspecified atom stereocenters. The summed E-state index contributed by atoms with van der Waals surface area (Å²) in [5.41, 5.74) is -0.610. The molecule has 0 bridgehead atoms. The van der Waals surface area contributed by atoms with Crippen molar-refractivity contribution in [2.75, 3.05) is 13.1 Å². The summed E-state index contributed by atoms with van der Waals surface area (Å²) >= 11 is 0. The zero-order valence-electron chi connectivity index (χ0n) is 15.9. The average Bonchev–Trinajstić information content (AvgIpc) is 2.40. The Labute approximate surface area is 144 Å². The first-order valence-electron chi connectivity index (χ1n) is 8.53. The molecule has 0 radical (unpaired) electrons. The fraction of sp³-hybridized carbons (Fsp3) is 0.824. The maximum atomic E-state index is 12.8. The Hall–Kier alpha value is -1.79. The van der Waals surface area contributed by atoms with Gasteiger partial charge in [0, 0.05) is 32.1 Å². The summed E-state index contributed by atoms with van der Waals surface area (Å²) in [6, 6.07) is -0.716. The first-order chi connectivity index (χ1) is 11.0. The van der Waals surface area contributed by atoms with Crippen molar-refractivity contribution in [3.05, 3.63) is 0 Å². The number of ether oxygens (including phenoxy) is 1. The molecule has 0 aromatic carbocycles. The van der Waals surface area contributed by atoms with Crippen LogP contribution in [0.1, 0.15) is 54.9 Å². The Balaban J connectivity index is 2.73. The first kappa shape index (κ1) is 20.3. The lowest BCUT2D eigenvalue weighted by Crippen LogP contribution is -2.62. The van der Waals surface area contributed by atoms with Crippen LogP contribution in [0.4, 0.5) is 4.79 Å². The standard InChI is InChI=1S/C17H31N3O4/c1-8-14(18-16(23)24-17(5,6)7)15(22)19-9-11(2)20(13(4)21)12(3)10-19/h11-12,14H,8-10H2,1-7H3,(H,18,23)/t11-,12+,14?. The molecule has 1 heterocycles. The SMILES string of the molecule is CCC(NC(=O)OC(C)(C)C)C(=O)N1C[C@@H](C)N(C(C)=O)[C@@H](C)C1. The second-order valence-electron chi connectivity index (χ2n) is 7.47. The minimum atomic E-state index is -0.622. The number of amides is 3. The van der Waals surface area contributed by atoms with Crippen LogP contribution in [0.15, 0.2) is 0 Å². The lowest BCUT2D eigenvalue weighted by atomic mass is 10.1. The molecule has 1 rings (SSSR count). The molecule has 0 aromatic heterocycles. The largest absolute Gasteiger partial charge is 0.444 e. The van der Waals surface area contributed by atoms with E-state index in [1.165, 1.54) is 0 Å². The molecule has 3 amide bonds. The lowest BCUT2D eigenvalue weighted by molar-refractivity contribution is -0.145. The number of nitrogens with zero attached hydrogens (tertiary/aromatic N) is 2. The Bertz CT molecular complexity index is 475. The molecule has 7 heteroatoms. The molecular formula is C17H31N3O4. The van der Waals surface area contributed by atoms with Crippen molar-refractivity contribution >= 4 is 17.9 Å². The molecule has 1 aliphatic heterocycles. The highest BCUT2D eigenvalue weighted by molar-refractivity contribution is 5.86. The summed E-state index contributed by atoms with van der Waals surface area (Å²) < 4.78 is 5.22. The molecule has 0 aliphatic carbocycles. The summed E-state index contributed by atoms with van der Waals surface area (Å²) in [5, 5.41) is 2.65. The third kappa shape index (κ3) is 5.39. The molecule has 1 aliphatic rings. The van der Waals surface area contributed by atoms with Gasteiger partial charge >= 0.3 is 6.09 Å². The van der Waals surface area contributed by atoms with Crippen LogP contribution in [0.3, 0.4) is 0 Å². The fourth-order valence-corrected chi connectivity index (χ4v) is 3.13. The van der Waals surface area contributed by atoms with Crippen molar-refractivity contribution in [1.82, 2.24) is 15.1 Å². The number of nitrogens with one attached hydrogen (secondary N) is 1. The van der Waals surface area contributed by atoms with Gasteiger partial charge in [-0.3, -0.25) is 9.59 Å². The van der Waals surface area contributed by atoms with E-state index in [0.717, 1.165) is 0 Å². The minimum absolute atomic E-state index is 0.0148. The highest BCUT2D eigenvalue weighted by Crippen LogP contribution is 2.17. The summed E-state index contributed by atoms with van der Waals surface area (Å²) in [6.45, 7) is 13.5. The normalized spacial score (nSPS) is 22.8. The van der Waals surface area contributed by atoms with Gasteiger partial charge in [-0.15, -0.1) is 0 Å². The van der Waals surface area contributed by atoms with E-state index in [1.807, 2.05) is 20.8 Å². The van der Waals surface area contributed by atoms with Gasteiger partial charge in [0.2, 0.25) is 11.8 Å². The van der Waals surface area contributed by atoms with Crippen molar-refractivity contribution in [2.24, 2.45) is 0 Å². The van der Waals surface area contributed by atoms with Gasteiger partial charge in [-0.05, 0) is 41.0 Å². The molecule has 24 heavy (non-hydrogen) atoms. The highest BCUT2D eigenvalue weighted by Gasteiger charge is 2.35. The third-order valence-corrected chi connectivity index (χ3v) is 3.99. The third-order valence-electron chi connectivity index (χ3n) is 3.99. The Morgan fingerprint density at radius 1 is 1.17 bits per heavy atom. The molecule has 0 spiro atoms. The maximum Gasteiger partial charge on any atom is 0.408 e. The lowest BCUT2D eigenvalue weighted by Gasteiger charge is -2.44. The zero-order chi connectivity index (χ0) is 18.7. The first-order valence-corrected chi connectivity index (χ1v) is 8.53. The van der Waals surface area contributed by atoms with Crippen LogP contribution in [0.2, 0.25) is 0 Å². The number of carbonyl (C=O) groups is 3. The minimum Gasteiger partial charge on any atom is -0.444 e. The highest BCUT2D eigenvalue weighted by atomic mass is 16.6. The van der Waals surface area contributed by atoms with Crippen LogP contribution in [-0.4, -0.2) is 64.5 Å². The van der Waals surface area contributed by atoms with E-state index in [4.69, 9.17) is 4.74 Å². The summed E-state index contributed by atoms with van der Waals surface area (Å²) in [6.07, 6.45) is -0.112. The van der Waals surface area contributed by atoms with Gasteiger partial charge in [-0.1, -0.05) is 6.92 Å². The summed E-state index contributed by atoms with van der Waals surface area (Å²) in [5.74, 6) is -0.119. The van der Waals surface area contributed by atoms with E-state index >= 15 is 0 Å². The molecule has 1 N–H and O–H groups in total. The molecule has 7 nitrogen and oxygen atoms in total. The van der Waals surface area contributed by atoms with Crippen LogP contribution < -0.4 is 5.32 Å². The smallest absolute Gasteiger partial charge is 0.408 e. The van der Waals surface area contributed by atoms with Gasteiger partial charge in [-0.25, -0.2) is 4.79 Å². The number of piperazine rings is 1. The molecule has 3 atom stereocenters. The van der Waals surface area contributed by atoms with E-state index in [1.54, 1.807) is 37.5 Å². The summed E-state index contributed by atoms with van der Waals surface area (Å²) in [7, 11) is 0. The van der Waals surface area contributed by atoms with E-state index in [9.17, 15) is 14.4 Å². The zero-order valence-corrected chi connectivity index (χ0v) is 15.9. The van der Waals surface area contributed by atoms with Crippen molar-refractivity contribution in [2.45, 2.75) is 78.6 Å². The van der Waals surface area contributed by atoms with Gasteiger partial charge in [0.25, 0.3) is 0 Å². The Morgan fingerprint density at radius 3 is 2.04 bits per heavy atom. The number of rotatable bonds is 3. The maximum absolute atomic E-state index is 12.8. The van der Waals surface area contributed by atoms with E-state index in [-0.39, 0.29) is 23.9 Å². The second kappa shape index (κ2) is 7.85. The quantitative estimate of drug-likeness (QED) is 0.848. The van der Waals surface area contributed by atoms with Crippen LogP contribution in [0.25, 0.3) is 0 Å². The summed E-state index contributed by atoms with van der Waals surface area (Å²) in [4.78, 5) is 39.9. The van der Waals surface area contributed by atoms with Crippen molar-refractivity contribution < 1.29 is 19.1 Å². The van der Waals surface area contributed by atoms with E-state index in [2.05, 4.69) is 5.32 Å². The van der Waals surface area contributed by atoms with Gasteiger partial charge in [-0.2, -0.15) is 0 Å². The van der Waals surface area contributed by atoms with Crippen LogP contribution >= 0.6 is 0 Å². The van der Waals surface area contributed by atoms with Crippen LogP contribution in [-0.2, 0) is 14.3 Å². The van der Waals surface area contributed by atoms with Gasteiger partial charge < -0.3 is 19.9 Å². The monoisotopic (exact) mass is 341 g/mol. The van der Waals surface area contributed by atoms with Crippen molar-refractivity contribution in [3.8, 4) is 0 Å². The number of hydrogen-bond acceptors (Lipinski definition) is 4. The van der Waals surface area contributed by atoms with E-state index < -0.39 is 17.7 Å². The van der Waals surface area contributed by atoms with Crippen molar-refractivity contribution in [1.29, 1.82) is 0 Å². The predicted octanol–water partition coefficient (Wildman–Crippen LogP) is 1.76. The van der Waals surface area contributed by atoms with Crippen molar-refractivity contribution in [3.63, 3.8) is 0 Å². The number of alkyl carbamates (subject to hydrolysis) is 1. The Morgan fingerprint density at radius 2 is 1.67 bits per heavy atom. The topological polar surface area (TPSA) is 79.0 Å². The van der Waals surface area contributed by atoms with Gasteiger partial charge in [0.15, 0.2) is 0 Å². The molecule has 1 saturated heterocycles. The van der Waals surface area contributed by atoms with Crippen LogP contribution in [0, 0.1) is 0 Å². The van der Waals surface area contributed by atoms with Crippen LogP contribution in [0.5, 0.6) is 0 Å². The average molecular weight is 341 g/mol. The van der Waals surface area contributed by atoms with E-state index in [0.29, 0.717) is 19.5 Å². The number of hydrogen-bond donors (Lipinski definition) is 1. The number of carbonyl (C=O) groups excluding carboxylic acids is 3. The molecule has 0 aromatic rings. The van der Waals surface area contributed by atoms with Gasteiger partial charge in [0.05, 0.1) is 0 Å². The molecule has 138 valence electrons. The predicted molar refractivity (Wildman–Crippen MR) is 91.5 cm³/mol.